The molecule has 5 heteroatoms. The molecule has 2 rings (SSSR count). The maximum absolute atomic E-state index is 10.9. The normalized spacial score (nSPS) is 10.4. The third-order valence-electron chi connectivity index (χ3n) is 2.70. The molecular formula is C14H13NO3S. The van der Waals surface area contributed by atoms with Crippen LogP contribution in [0.1, 0.15) is 12.5 Å². The van der Waals surface area contributed by atoms with Crippen molar-refractivity contribution >= 4 is 17.4 Å². The molecule has 0 spiro atoms. The molecule has 4 nitrogen and oxygen atoms in total. The fourth-order valence-corrected chi connectivity index (χ4v) is 2.56. The van der Waals surface area contributed by atoms with Crippen LogP contribution in [0.3, 0.4) is 0 Å². The number of nitrogens with zero attached hydrogens (tertiary/aromatic N) is 1. The fourth-order valence-electron chi connectivity index (χ4n) is 1.65. The minimum Gasteiger partial charge on any atom is -0.508 e. The van der Waals surface area contributed by atoms with Crippen LogP contribution in [-0.4, -0.2) is 10.0 Å². The first-order valence-electron chi connectivity index (χ1n) is 5.84. The third-order valence-corrected chi connectivity index (χ3v) is 3.77. The van der Waals surface area contributed by atoms with Gasteiger partial charge in [0.1, 0.15) is 5.75 Å². The quantitative estimate of drug-likeness (QED) is 0.676. The van der Waals surface area contributed by atoms with E-state index in [-0.39, 0.29) is 11.4 Å². The van der Waals surface area contributed by atoms with E-state index < -0.39 is 4.92 Å². The smallest absolute Gasteiger partial charge is 0.286 e. The number of phenolic OH excluding ortho intramolecular Hbond substituents is 1. The summed E-state index contributed by atoms with van der Waals surface area (Å²) in [6, 6.07) is 12.1. The van der Waals surface area contributed by atoms with Crippen LogP contribution in [0.25, 0.3) is 0 Å². The van der Waals surface area contributed by atoms with Gasteiger partial charge in [0, 0.05) is 4.90 Å². The topological polar surface area (TPSA) is 63.4 Å². The molecule has 0 saturated carbocycles. The number of hydrogen-bond donors (Lipinski definition) is 1. The first-order chi connectivity index (χ1) is 9.10. The van der Waals surface area contributed by atoms with Gasteiger partial charge in [0.05, 0.1) is 15.9 Å². The molecular weight excluding hydrogens is 262 g/mol. The summed E-state index contributed by atoms with van der Waals surface area (Å²) in [5.41, 5.74) is 1.15. The van der Waals surface area contributed by atoms with Crippen LogP contribution in [-0.2, 0) is 6.42 Å². The molecule has 98 valence electrons. The van der Waals surface area contributed by atoms with Crippen LogP contribution in [0, 0.1) is 10.1 Å². The Morgan fingerprint density at radius 2 is 1.89 bits per heavy atom. The van der Waals surface area contributed by atoms with Crippen molar-refractivity contribution in [2.75, 3.05) is 0 Å². The highest BCUT2D eigenvalue weighted by atomic mass is 32.2. The minimum atomic E-state index is -0.484. The zero-order valence-electron chi connectivity index (χ0n) is 10.4. The molecule has 19 heavy (non-hydrogen) atoms. The van der Waals surface area contributed by atoms with Gasteiger partial charge in [-0.3, -0.25) is 10.1 Å². The van der Waals surface area contributed by atoms with E-state index in [1.165, 1.54) is 29.5 Å². The Morgan fingerprint density at radius 3 is 2.47 bits per heavy atom. The van der Waals surface area contributed by atoms with Gasteiger partial charge in [-0.2, -0.15) is 0 Å². The highest BCUT2D eigenvalue weighted by Gasteiger charge is 2.15. The van der Waals surface area contributed by atoms with E-state index in [4.69, 9.17) is 0 Å². The van der Waals surface area contributed by atoms with Crippen molar-refractivity contribution in [2.24, 2.45) is 0 Å². The van der Waals surface area contributed by atoms with E-state index in [0.29, 0.717) is 4.90 Å². The Hall–Kier alpha value is -2.01. The van der Waals surface area contributed by atoms with Gasteiger partial charge in [-0.25, -0.2) is 0 Å². The van der Waals surface area contributed by atoms with E-state index in [2.05, 4.69) is 6.92 Å². The van der Waals surface area contributed by atoms with Gasteiger partial charge in [-0.15, -0.1) is 0 Å². The molecule has 0 fully saturated rings. The molecule has 0 bridgehead atoms. The lowest BCUT2D eigenvalue weighted by atomic mass is 10.2. The minimum absolute atomic E-state index is 0.0791. The van der Waals surface area contributed by atoms with Crippen molar-refractivity contribution in [3.63, 3.8) is 0 Å². The molecule has 0 atom stereocenters. The molecule has 0 aliphatic heterocycles. The Labute approximate surface area is 115 Å². The Balaban J connectivity index is 2.29. The molecule has 0 amide bonds. The van der Waals surface area contributed by atoms with E-state index in [1.54, 1.807) is 6.07 Å². The lowest BCUT2D eigenvalue weighted by Crippen LogP contribution is -1.90. The Morgan fingerprint density at radius 1 is 1.21 bits per heavy atom. The number of hydrogen-bond acceptors (Lipinski definition) is 4. The monoisotopic (exact) mass is 275 g/mol. The van der Waals surface area contributed by atoms with Gasteiger partial charge in [0.15, 0.2) is 0 Å². The number of phenols is 1. The van der Waals surface area contributed by atoms with E-state index in [0.717, 1.165) is 11.3 Å². The first kappa shape index (κ1) is 13.4. The highest BCUT2D eigenvalue weighted by molar-refractivity contribution is 7.99. The number of rotatable bonds is 4. The van der Waals surface area contributed by atoms with E-state index in [9.17, 15) is 15.2 Å². The average molecular weight is 275 g/mol. The predicted octanol–water partition coefficient (Wildman–Crippen LogP) is 4.01. The molecule has 0 saturated heterocycles. The Bertz CT molecular complexity index is 596. The van der Waals surface area contributed by atoms with Gasteiger partial charge in [0.25, 0.3) is 5.69 Å². The lowest BCUT2D eigenvalue weighted by Gasteiger charge is -2.04. The van der Waals surface area contributed by atoms with Crippen molar-refractivity contribution in [1.29, 1.82) is 0 Å². The second kappa shape index (κ2) is 5.75. The number of aryl methyl sites for hydroxylation is 1. The molecule has 1 N–H and O–H groups in total. The number of nitro groups is 1. The summed E-state index contributed by atoms with van der Waals surface area (Å²) in [5.74, 6) is -0.0996. The van der Waals surface area contributed by atoms with Gasteiger partial charge in [-0.1, -0.05) is 30.8 Å². The fraction of sp³-hybridized carbons (Fsp3) is 0.143. The molecule has 2 aromatic carbocycles. The van der Waals surface area contributed by atoms with Crippen molar-refractivity contribution < 1.29 is 10.0 Å². The van der Waals surface area contributed by atoms with Gasteiger partial charge in [0.2, 0.25) is 0 Å². The van der Waals surface area contributed by atoms with Gasteiger partial charge < -0.3 is 5.11 Å². The number of benzene rings is 2. The summed E-state index contributed by atoms with van der Waals surface area (Å²) in [6.07, 6.45) is 0.963. The molecule has 2 aromatic rings. The van der Waals surface area contributed by atoms with E-state index in [1.807, 2.05) is 24.3 Å². The third kappa shape index (κ3) is 3.26. The zero-order chi connectivity index (χ0) is 13.8. The van der Waals surface area contributed by atoms with Crippen molar-refractivity contribution in [3.05, 3.63) is 58.1 Å². The molecule has 0 radical (unpaired) electrons. The van der Waals surface area contributed by atoms with Crippen LogP contribution in [0.5, 0.6) is 5.75 Å². The summed E-state index contributed by atoms with van der Waals surface area (Å²) >= 11 is 1.32. The van der Waals surface area contributed by atoms with Crippen LogP contribution < -0.4 is 0 Å². The van der Waals surface area contributed by atoms with Crippen molar-refractivity contribution in [3.8, 4) is 5.75 Å². The van der Waals surface area contributed by atoms with E-state index >= 15 is 0 Å². The summed E-state index contributed by atoms with van der Waals surface area (Å²) < 4.78 is 0. The predicted molar refractivity (Wildman–Crippen MR) is 74.7 cm³/mol. The lowest BCUT2D eigenvalue weighted by molar-refractivity contribution is -0.387. The number of nitro benzene ring substituents is 1. The van der Waals surface area contributed by atoms with Crippen molar-refractivity contribution in [1.82, 2.24) is 0 Å². The SMILES string of the molecule is CCc1ccc(Sc2ccc(O)cc2[N+](=O)[O-])cc1. The number of aromatic hydroxyl groups is 1. The second-order valence-corrected chi connectivity index (χ2v) is 5.12. The van der Waals surface area contributed by atoms with Gasteiger partial charge in [-0.05, 0) is 36.2 Å². The zero-order valence-corrected chi connectivity index (χ0v) is 11.2. The maximum atomic E-state index is 10.9. The second-order valence-electron chi connectivity index (χ2n) is 4.01. The van der Waals surface area contributed by atoms with Gasteiger partial charge >= 0.3 is 0 Å². The van der Waals surface area contributed by atoms with Crippen molar-refractivity contribution in [2.45, 2.75) is 23.1 Å². The van der Waals surface area contributed by atoms with Crippen LogP contribution in [0.4, 0.5) is 5.69 Å². The molecule has 0 aliphatic carbocycles. The summed E-state index contributed by atoms with van der Waals surface area (Å²) in [5, 5.41) is 20.3. The highest BCUT2D eigenvalue weighted by Crippen LogP contribution is 2.36. The summed E-state index contributed by atoms with van der Waals surface area (Å²) in [4.78, 5) is 11.9. The molecule has 0 aromatic heterocycles. The van der Waals surface area contributed by atoms with Crippen LogP contribution in [0.2, 0.25) is 0 Å². The largest absolute Gasteiger partial charge is 0.508 e. The summed E-state index contributed by atoms with van der Waals surface area (Å²) in [6.45, 7) is 2.08. The summed E-state index contributed by atoms with van der Waals surface area (Å²) in [7, 11) is 0. The first-order valence-corrected chi connectivity index (χ1v) is 6.66. The molecule has 0 aliphatic rings. The van der Waals surface area contributed by atoms with Crippen LogP contribution >= 0.6 is 11.8 Å². The standard InChI is InChI=1S/C14H13NO3S/c1-2-10-3-6-12(7-4-10)19-14-8-5-11(16)9-13(14)15(17)18/h3-9,16H,2H2,1H3. The molecule has 0 heterocycles. The Kier molecular flexibility index (Phi) is 4.06. The molecule has 0 unspecified atom stereocenters. The average Bonchev–Trinajstić information content (AvgIpc) is 2.41. The van der Waals surface area contributed by atoms with Crippen LogP contribution in [0.15, 0.2) is 52.3 Å². The maximum Gasteiger partial charge on any atom is 0.286 e.